The van der Waals surface area contributed by atoms with Crippen molar-refractivity contribution in [3.05, 3.63) is 76.4 Å². The van der Waals surface area contributed by atoms with Gasteiger partial charge >= 0.3 is 0 Å². The number of benzene rings is 1. The van der Waals surface area contributed by atoms with Gasteiger partial charge in [-0.3, -0.25) is 9.79 Å². The van der Waals surface area contributed by atoms with Crippen molar-refractivity contribution in [3.63, 3.8) is 0 Å². The molecule has 0 fully saturated rings. The first-order valence-electron chi connectivity index (χ1n) is 8.65. The predicted octanol–water partition coefficient (Wildman–Crippen LogP) is 4.12. The van der Waals surface area contributed by atoms with Crippen LogP contribution in [0.3, 0.4) is 0 Å². The van der Waals surface area contributed by atoms with Crippen LogP contribution in [0.25, 0.3) is 0 Å². The van der Waals surface area contributed by atoms with E-state index in [-0.39, 0.29) is 35.6 Å². The van der Waals surface area contributed by atoms with E-state index < -0.39 is 0 Å². The van der Waals surface area contributed by atoms with Crippen LogP contribution >= 0.6 is 35.3 Å². The number of hydrogen-bond acceptors (Lipinski definition) is 4. The predicted molar refractivity (Wildman–Crippen MR) is 125 cm³/mol. The molecule has 0 bridgehead atoms. The van der Waals surface area contributed by atoms with Gasteiger partial charge in [0.1, 0.15) is 0 Å². The molecule has 3 aromatic rings. The third kappa shape index (κ3) is 6.68. The molecule has 0 saturated carbocycles. The second-order valence-corrected chi connectivity index (χ2v) is 6.84. The van der Waals surface area contributed by atoms with Crippen molar-refractivity contribution in [2.45, 2.75) is 13.0 Å². The number of rotatable bonds is 7. The Hall–Kier alpha value is -2.33. The number of furan rings is 1. The number of aliphatic imine (C=N–C) groups is 1. The molecular formula is C20H23IN4O2S. The third-order valence-corrected chi connectivity index (χ3v) is 4.82. The molecule has 0 spiro atoms. The quantitative estimate of drug-likeness (QED) is 0.254. The van der Waals surface area contributed by atoms with Crippen molar-refractivity contribution in [1.82, 2.24) is 10.6 Å². The minimum Gasteiger partial charge on any atom is -0.459 e. The molecule has 6 nitrogen and oxygen atoms in total. The molecule has 0 radical (unpaired) electrons. The van der Waals surface area contributed by atoms with Crippen molar-refractivity contribution in [2.75, 3.05) is 18.9 Å². The zero-order valence-corrected chi connectivity index (χ0v) is 18.6. The number of guanidine groups is 1. The van der Waals surface area contributed by atoms with Gasteiger partial charge in [-0.2, -0.15) is 0 Å². The van der Waals surface area contributed by atoms with E-state index in [1.165, 1.54) is 11.1 Å². The van der Waals surface area contributed by atoms with Crippen molar-refractivity contribution in [1.29, 1.82) is 0 Å². The van der Waals surface area contributed by atoms with E-state index in [9.17, 15) is 4.79 Å². The van der Waals surface area contributed by atoms with Crippen LogP contribution in [-0.2, 0) is 13.0 Å². The fourth-order valence-electron chi connectivity index (χ4n) is 2.47. The lowest BCUT2D eigenvalue weighted by molar-refractivity contribution is 0.0996. The number of nitrogens with zero attached hydrogens (tertiary/aromatic N) is 1. The van der Waals surface area contributed by atoms with E-state index in [1.807, 2.05) is 24.3 Å². The summed E-state index contributed by atoms with van der Waals surface area (Å²) in [6.45, 7) is 1.48. The average Bonchev–Trinajstić information content (AvgIpc) is 3.39. The molecule has 0 aliphatic carbocycles. The molecule has 0 unspecified atom stereocenters. The molecule has 8 heteroatoms. The smallest absolute Gasteiger partial charge is 0.291 e. The monoisotopic (exact) mass is 510 g/mol. The molecule has 2 heterocycles. The second kappa shape index (κ2) is 11.5. The summed E-state index contributed by atoms with van der Waals surface area (Å²) in [6, 6.07) is 15.2. The summed E-state index contributed by atoms with van der Waals surface area (Å²) in [6.07, 6.45) is 2.45. The molecule has 1 aromatic carbocycles. The summed E-state index contributed by atoms with van der Waals surface area (Å²) in [5.41, 5.74) is 1.81. The fourth-order valence-corrected chi connectivity index (χ4v) is 3.18. The van der Waals surface area contributed by atoms with Gasteiger partial charge in [-0.15, -0.1) is 35.3 Å². The van der Waals surface area contributed by atoms with Crippen LogP contribution in [0.4, 0.5) is 5.69 Å². The van der Waals surface area contributed by atoms with Crippen molar-refractivity contribution >= 4 is 52.9 Å². The Morgan fingerprint density at radius 3 is 2.57 bits per heavy atom. The zero-order chi connectivity index (χ0) is 18.9. The molecule has 28 heavy (non-hydrogen) atoms. The fraction of sp³-hybridized carbons (Fsp3) is 0.200. The minimum absolute atomic E-state index is 0. The number of halogens is 1. The lowest BCUT2D eigenvalue weighted by Crippen LogP contribution is -2.37. The molecular weight excluding hydrogens is 487 g/mol. The number of carbonyl (C=O) groups is 1. The Bertz CT molecular complexity index is 862. The average molecular weight is 510 g/mol. The normalized spacial score (nSPS) is 10.8. The van der Waals surface area contributed by atoms with Gasteiger partial charge in [0.25, 0.3) is 5.91 Å². The lowest BCUT2D eigenvalue weighted by atomic mass is 10.2. The van der Waals surface area contributed by atoms with Crippen LogP contribution < -0.4 is 16.0 Å². The lowest BCUT2D eigenvalue weighted by Gasteiger charge is -2.12. The number of anilines is 1. The Labute approximate surface area is 185 Å². The Kier molecular flexibility index (Phi) is 9.02. The molecule has 3 rings (SSSR count). The van der Waals surface area contributed by atoms with Gasteiger partial charge in [-0.05, 0) is 47.7 Å². The van der Waals surface area contributed by atoms with Gasteiger partial charge in [-0.1, -0.05) is 18.2 Å². The zero-order valence-electron chi connectivity index (χ0n) is 15.5. The van der Waals surface area contributed by atoms with Crippen LogP contribution in [0, 0.1) is 0 Å². The number of carbonyl (C=O) groups excluding carboxylic acids is 1. The Morgan fingerprint density at radius 1 is 1.11 bits per heavy atom. The van der Waals surface area contributed by atoms with E-state index in [4.69, 9.17) is 4.42 Å². The van der Waals surface area contributed by atoms with Crippen molar-refractivity contribution in [2.24, 2.45) is 4.99 Å². The summed E-state index contributed by atoms with van der Waals surface area (Å²) in [5.74, 6) is 0.793. The molecule has 148 valence electrons. The maximum atomic E-state index is 12.0. The highest BCUT2D eigenvalue weighted by Gasteiger charge is 2.08. The first-order chi connectivity index (χ1) is 13.2. The molecule has 0 aliphatic heterocycles. The first kappa shape index (κ1) is 22.0. The van der Waals surface area contributed by atoms with E-state index >= 15 is 0 Å². The number of hydrogen-bond donors (Lipinski definition) is 3. The topological polar surface area (TPSA) is 78.7 Å². The highest BCUT2D eigenvalue weighted by Crippen LogP contribution is 2.12. The van der Waals surface area contributed by atoms with E-state index in [2.05, 4.69) is 38.5 Å². The largest absolute Gasteiger partial charge is 0.459 e. The maximum Gasteiger partial charge on any atom is 0.291 e. The highest BCUT2D eigenvalue weighted by atomic mass is 127. The molecule has 0 aliphatic rings. The van der Waals surface area contributed by atoms with Gasteiger partial charge in [0.05, 0.1) is 6.26 Å². The summed E-state index contributed by atoms with van der Waals surface area (Å²) in [5, 5.41) is 11.5. The van der Waals surface area contributed by atoms with Gasteiger partial charge in [0.15, 0.2) is 11.7 Å². The van der Waals surface area contributed by atoms with Crippen molar-refractivity contribution in [3.8, 4) is 0 Å². The first-order valence-corrected chi connectivity index (χ1v) is 9.53. The van der Waals surface area contributed by atoms with Crippen LogP contribution in [0.5, 0.6) is 0 Å². The van der Waals surface area contributed by atoms with Gasteiger partial charge < -0.3 is 20.4 Å². The molecule has 3 N–H and O–H groups in total. The van der Waals surface area contributed by atoms with Gasteiger partial charge in [0.2, 0.25) is 0 Å². The Balaban J connectivity index is 0.00000280. The second-order valence-electron chi connectivity index (χ2n) is 5.81. The maximum absolute atomic E-state index is 12.0. The van der Waals surface area contributed by atoms with Crippen LogP contribution in [0.2, 0.25) is 0 Å². The summed E-state index contributed by atoms with van der Waals surface area (Å²) in [4.78, 5) is 17.5. The SMILES string of the molecule is CN=C(NCCc1cccs1)NCc1ccc(NC(=O)c2ccco2)cc1.I. The number of nitrogens with one attached hydrogen (secondary N) is 3. The summed E-state index contributed by atoms with van der Waals surface area (Å²) < 4.78 is 5.08. The number of thiophene rings is 1. The molecule has 0 atom stereocenters. The molecule has 1 amide bonds. The van der Waals surface area contributed by atoms with Crippen LogP contribution in [0.15, 0.2) is 69.6 Å². The van der Waals surface area contributed by atoms with E-state index in [1.54, 1.807) is 30.5 Å². The minimum atomic E-state index is -0.263. The number of amides is 1. The molecule has 2 aromatic heterocycles. The Morgan fingerprint density at radius 2 is 1.93 bits per heavy atom. The van der Waals surface area contributed by atoms with E-state index in [0.29, 0.717) is 6.54 Å². The van der Waals surface area contributed by atoms with E-state index in [0.717, 1.165) is 30.2 Å². The van der Waals surface area contributed by atoms with Crippen molar-refractivity contribution < 1.29 is 9.21 Å². The van der Waals surface area contributed by atoms with Gasteiger partial charge in [0, 0.05) is 30.7 Å². The van der Waals surface area contributed by atoms with Crippen LogP contribution in [0.1, 0.15) is 21.0 Å². The highest BCUT2D eigenvalue weighted by molar-refractivity contribution is 14.0. The third-order valence-electron chi connectivity index (χ3n) is 3.88. The standard InChI is InChI=1S/C20H22N4O2S.HI/c1-21-20(22-11-10-17-4-3-13-27-17)23-14-15-6-8-16(9-7-15)24-19(25)18-5-2-12-26-18;/h2-9,12-13H,10-11,14H2,1H3,(H,24,25)(H2,21,22,23);1H. The van der Waals surface area contributed by atoms with Crippen LogP contribution in [-0.4, -0.2) is 25.5 Å². The van der Waals surface area contributed by atoms with Gasteiger partial charge in [-0.25, -0.2) is 0 Å². The summed E-state index contributed by atoms with van der Waals surface area (Å²) in [7, 11) is 1.76. The molecule has 0 saturated heterocycles. The summed E-state index contributed by atoms with van der Waals surface area (Å²) >= 11 is 1.76.